The second-order valence-electron chi connectivity index (χ2n) is 5.53. The van der Waals surface area contributed by atoms with E-state index in [0.29, 0.717) is 0 Å². The molecule has 0 saturated carbocycles. The van der Waals surface area contributed by atoms with Gasteiger partial charge in [-0.05, 0) is 30.7 Å². The highest BCUT2D eigenvalue weighted by molar-refractivity contribution is 7.19. The molecular formula is C15H16N4S2. The molecule has 0 radical (unpaired) electrons. The first-order valence-electron chi connectivity index (χ1n) is 7.18. The molecule has 1 atom stereocenters. The summed E-state index contributed by atoms with van der Waals surface area (Å²) in [5, 5.41) is 7.76. The van der Waals surface area contributed by atoms with Gasteiger partial charge in [-0.15, -0.1) is 22.7 Å². The highest BCUT2D eigenvalue weighted by Gasteiger charge is 2.22. The third-order valence-electron chi connectivity index (χ3n) is 3.98. The predicted octanol–water partition coefficient (Wildman–Crippen LogP) is 3.88. The molecule has 0 aromatic carbocycles. The Morgan fingerprint density at radius 2 is 2.29 bits per heavy atom. The van der Waals surface area contributed by atoms with Crippen molar-refractivity contribution in [2.24, 2.45) is 5.92 Å². The quantitative estimate of drug-likeness (QED) is 0.796. The lowest BCUT2D eigenvalue weighted by Crippen LogP contribution is -2.09. The van der Waals surface area contributed by atoms with Crippen LogP contribution in [0.25, 0.3) is 10.2 Å². The minimum absolute atomic E-state index is 0.727. The first-order valence-corrected chi connectivity index (χ1v) is 8.88. The standard InChI is InChI=1S/C15H16N4S2/c1-9-2-3-10-11(6-9)21-15-13(10)14(18-8-19-15)17-7-12-16-4-5-20-12/h4-5,8-9H,2-3,6-7H2,1H3,(H,17,18,19)/t9-/m1/s1. The molecule has 0 saturated heterocycles. The summed E-state index contributed by atoms with van der Waals surface area (Å²) in [6.45, 7) is 3.06. The van der Waals surface area contributed by atoms with E-state index in [2.05, 4.69) is 27.2 Å². The van der Waals surface area contributed by atoms with Gasteiger partial charge in [0.2, 0.25) is 0 Å². The predicted molar refractivity (Wildman–Crippen MR) is 88.0 cm³/mol. The fraction of sp³-hybridized carbons (Fsp3) is 0.400. The Morgan fingerprint density at radius 1 is 1.33 bits per heavy atom. The number of hydrogen-bond acceptors (Lipinski definition) is 6. The topological polar surface area (TPSA) is 50.7 Å². The van der Waals surface area contributed by atoms with Gasteiger partial charge in [0.25, 0.3) is 0 Å². The van der Waals surface area contributed by atoms with Gasteiger partial charge in [0, 0.05) is 16.5 Å². The second-order valence-corrected chi connectivity index (χ2v) is 7.60. The van der Waals surface area contributed by atoms with E-state index in [9.17, 15) is 0 Å². The van der Waals surface area contributed by atoms with Gasteiger partial charge in [-0.25, -0.2) is 15.0 Å². The lowest BCUT2D eigenvalue weighted by atomic mass is 9.89. The maximum atomic E-state index is 4.47. The molecule has 4 nitrogen and oxygen atoms in total. The molecule has 0 amide bonds. The summed E-state index contributed by atoms with van der Waals surface area (Å²) in [5.74, 6) is 1.74. The first kappa shape index (κ1) is 13.2. The molecule has 0 bridgehead atoms. The number of anilines is 1. The van der Waals surface area contributed by atoms with E-state index in [1.807, 2.05) is 22.9 Å². The highest BCUT2D eigenvalue weighted by atomic mass is 32.1. The number of hydrogen-bond donors (Lipinski definition) is 1. The SMILES string of the molecule is C[C@@H]1CCc2c(sc3ncnc(NCc4nccs4)c23)C1. The summed E-state index contributed by atoms with van der Waals surface area (Å²) < 4.78 is 0. The van der Waals surface area contributed by atoms with Crippen LogP contribution in [0, 0.1) is 5.92 Å². The van der Waals surface area contributed by atoms with E-state index in [1.54, 1.807) is 17.7 Å². The van der Waals surface area contributed by atoms with E-state index >= 15 is 0 Å². The molecule has 0 spiro atoms. The number of nitrogens with zero attached hydrogens (tertiary/aromatic N) is 3. The zero-order chi connectivity index (χ0) is 14.2. The highest BCUT2D eigenvalue weighted by Crippen LogP contribution is 2.39. The zero-order valence-corrected chi connectivity index (χ0v) is 13.4. The van der Waals surface area contributed by atoms with E-state index < -0.39 is 0 Å². The number of nitrogens with one attached hydrogen (secondary N) is 1. The van der Waals surface area contributed by atoms with Crippen molar-refractivity contribution in [1.82, 2.24) is 15.0 Å². The van der Waals surface area contributed by atoms with Gasteiger partial charge in [-0.2, -0.15) is 0 Å². The van der Waals surface area contributed by atoms with Crippen molar-refractivity contribution in [2.75, 3.05) is 5.32 Å². The molecule has 0 aliphatic heterocycles. The molecule has 1 aliphatic rings. The normalized spacial score (nSPS) is 17.9. The van der Waals surface area contributed by atoms with Crippen molar-refractivity contribution >= 4 is 38.7 Å². The van der Waals surface area contributed by atoms with Crippen molar-refractivity contribution in [2.45, 2.75) is 32.7 Å². The Morgan fingerprint density at radius 3 is 3.14 bits per heavy atom. The summed E-state index contributed by atoms with van der Waals surface area (Å²) in [5.41, 5.74) is 1.47. The fourth-order valence-electron chi connectivity index (χ4n) is 2.91. The Kier molecular flexibility index (Phi) is 3.35. The van der Waals surface area contributed by atoms with E-state index in [0.717, 1.165) is 34.5 Å². The van der Waals surface area contributed by atoms with Gasteiger partial charge >= 0.3 is 0 Å². The van der Waals surface area contributed by atoms with Crippen molar-refractivity contribution in [3.05, 3.63) is 33.4 Å². The second kappa shape index (κ2) is 5.35. The Hall–Kier alpha value is -1.53. The van der Waals surface area contributed by atoms with Gasteiger partial charge in [0.1, 0.15) is 22.0 Å². The van der Waals surface area contributed by atoms with Gasteiger partial charge in [-0.3, -0.25) is 0 Å². The van der Waals surface area contributed by atoms with Gasteiger partial charge in [0.15, 0.2) is 0 Å². The van der Waals surface area contributed by atoms with Crippen LogP contribution in [0.1, 0.15) is 28.8 Å². The molecule has 21 heavy (non-hydrogen) atoms. The summed E-state index contributed by atoms with van der Waals surface area (Å²) in [7, 11) is 0. The average Bonchev–Trinajstić information content (AvgIpc) is 3.11. The number of thiazole rings is 1. The number of rotatable bonds is 3. The van der Waals surface area contributed by atoms with Crippen LogP contribution in [0.15, 0.2) is 17.9 Å². The first-order chi connectivity index (χ1) is 10.3. The summed E-state index contributed by atoms with van der Waals surface area (Å²) in [6.07, 6.45) is 7.10. The molecule has 0 unspecified atom stereocenters. The number of thiophene rings is 1. The molecule has 4 rings (SSSR count). The van der Waals surface area contributed by atoms with Gasteiger partial charge in [-0.1, -0.05) is 6.92 Å². The minimum Gasteiger partial charge on any atom is -0.363 e. The van der Waals surface area contributed by atoms with E-state index in [-0.39, 0.29) is 0 Å². The van der Waals surface area contributed by atoms with Crippen LogP contribution < -0.4 is 5.32 Å². The smallest absolute Gasteiger partial charge is 0.138 e. The van der Waals surface area contributed by atoms with Crippen LogP contribution >= 0.6 is 22.7 Å². The van der Waals surface area contributed by atoms with Gasteiger partial charge < -0.3 is 5.32 Å². The molecule has 1 N–H and O–H groups in total. The Balaban J connectivity index is 1.72. The summed E-state index contributed by atoms with van der Waals surface area (Å²) >= 11 is 3.50. The monoisotopic (exact) mass is 316 g/mol. The molecular weight excluding hydrogens is 300 g/mol. The fourth-order valence-corrected chi connectivity index (χ4v) is 4.82. The maximum absolute atomic E-state index is 4.47. The molecule has 1 aliphatic carbocycles. The lowest BCUT2D eigenvalue weighted by molar-refractivity contribution is 0.509. The molecule has 108 valence electrons. The Labute approximate surface area is 131 Å². The molecule has 0 fully saturated rings. The lowest BCUT2D eigenvalue weighted by Gasteiger charge is -2.18. The Bertz CT molecular complexity index is 763. The van der Waals surface area contributed by atoms with Crippen molar-refractivity contribution < 1.29 is 0 Å². The molecule has 3 aromatic heterocycles. The largest absolute Gasteiger partial charge is 0.363 e. The van der Waals surface area contributed by atoms with Crippen LogP contribution in [0.3, 0.4) is 0 Å². The van der Waals surface area contributed by atoms with E-state index in [4.69, 9.17) is 0 Å². The number of aromatic nitrogens is 3. The zero-order valence-electron chi connectivity index (χ0n) is 11.8. The number of fused-ring (bicyclic) bond motifs is 3. The van der Waals surface area contributed by atoms with Crippen molar-refractivity contribution in [3.63, 3.8) is 0 Å². The average molecular weight is 316 g/mol. The number of aryl methyl sites for hydroxylation is 1. The third kappa shape index (κ3) is 2.42. The summed E-state index contributed by atoms with van der Waals surface area (Å²) in [6, 6.07) is 0. The van der Waals surface area contributed by atoms with E-state index in [1.165, 1.54) is 28.7 Å². The van der Waals surface area contributed by atoms with Gasteiger partial charge in [0.05, 0.1) is 11.9 Å². The van der Waals surface area contributed by atoms with Crippen LogP contribution in [-0.4, -0.2) is 15.0 Å². The van der Waals surface area contributed by atoms with Crippen LogP contribution in [0.2, 0.25) is 0 Å². The van der Waals surface area contributed by atoms with Crippen LogP contribution in [0.5, 0.6) is 0 Å². The van der Waals surface area contributed by atoms with Crippen molar-refractivity contribution in [1.29, 1.82) is 0 Å². The molecule has 3 aromatic rings. The third-order valence-corrected chi connectivity index (χ3v) is 5.92. The van der Waals surface area contributed by atoms with Crippen LogP contribution in [-0.2, 0) is 19.4 Å². The van der Waals surface area contributed by atoms with Crippen LogP contribution in [0.4, 0.5) is 5.82 Å². The molecule has 6 heteroatoms. The molecule has 3 heterocycles. The summed E-state index contributed by atoms with van der Waals surface area (Å²) in [4.78, 5) is 15.9. The minimum atomic E-state index is 0.727. The maximum Gasteiger partial charge on any atom is 0.138 e. The van der Waals surface area contributed by atoms with Crippen molar-refractivity contribution in [3.8, 4) is 0 Å².